The van der Waals surface area contributed by atoms with Crippen LogP contribution in [0.2, 0.25) is 0 Å². The van der Waals surface area contributed by atoms with Gasteiger partial charge in [-0.2, -0.15) is 0 Å². The standard InChI is InChI=1S/C23H21Br2NO4/c1-16-13-17(24)14-21(25)23(16)30-15-22(27)26-18-7-9-20(10-8-18)29-12-11-28-19-5-3-2-4-6-19/h2-10,13-14H,11-12,15H2,1H3,(H,26,27). The molecule has 0 radical (unpaired) electrons. The zero-order chi connectivity index (χ0) is 21.3. The molecule has 0 atom stereocenters. The molecule has 156 valence electrons. The summed E-state index contributed by atoms with van der Waals surface area (Å²) in [5.74, 6) is 1.92. The minimum absolute atomic E-state index is 0.0872. The van der Waals surface area contributed by atoms with E-state index in [4.69, 9.17) is 14.2 Å². The van der Waals surface area contributed by atoms with Gasteiger partial charge < -0.3 is 19.5 Å². The van der Waals surface area contributed by atoms with Gasteiger partial charge in [0.05, 0.1) is 4.47 Å². The number of hydrogen-bond donors (Lipinski definition) is 1. The molecule has 0 spiro atoms. The fraction of sp³-hybridized carbons (Fsp3) is 0.174. The molecular formula is C23H21Br2NO4. The minimum Gasteiger partial charge on any atom is -0.490 e. The lowest BCUT2D eigenvalue weighted by molar-refractivity contribution is -0.118. The number of anilines is 1. The Morgan fingerprint density at radius 3 is 2.13 bits per heavy atom. The highest BCUT2D eigenvalue weighted by Gasteiger charge is 2.10. The summed E-state index contributed by atoms with van der Waals surface area (Å²) in [6, 6.07) is 20.6. The Hall–Kier alpha value is -2.51. The van der Waals surface area contributed by atoms with Crippen LogP contribution in [0, 0.1) is 6.92 Å². The van der Waals surface area contributed by atoms with Gasteiger partial charge in [-0.05, 0) is 76.9 Å². The molecule has 3 aromatic carbocycles. The monoisotopic (exact) mass is 533 g/mol. The van der Waals surface area contributed by atoms with Crippen LogP contribution >= 0.6 is 31.9 Å². The molecule has 0 unspecified atom stereocenters. The number of carbonyl (C=O) groups is 1. The summed E-state index contributed by atoms with van der Waals surface area (Å²) in [6.07, 6.45) is 0. The number of benzene rings is 3. The number of amides is 1. The molecule has 0 aromatic heterocycles. The summed E-state index contributed by atoms with van der Waals surface area (Å²) in [4.78, 5) is 12.2. The third-order valence-corrected chi connectivity index (χ3v) is 5.09. The fourth-order valence-electron chi connectivity index (χ4n) is 2.68. The van der Waals surface area contributed by atoms with E-state index in [2.05, 4.69) is 37.2 Å². The topological polar surface area (TPSA) is 56.8 Å². The summed E-state index contributed by atoms with van der Waals surface area (Å²) < 4.78 is 18.6. The van der Waals surface area contributed by atoms with Crippen molar-refractivity contribution in [1.29, 1.82) is 0 Å². The molecule has 0 bridgehead atoms. The number of halogens is 2. The lowest BCUT2D eigenvalue weighted by Gasteiger charge is -2.12. The molecule has 0 aliphatic rings. The number of aryl methyl sites for hydroxylation is 1. The van der Waals surface area contributed by atoms with Crippen LogP contribution in [0.3, 0.4) is 0 Å². The highest BCUT2D eigenvalue weighted by Crippen LogP contribution is 2.32. The maximum Gasteiger partial charge on any atom is 0.262 e. The number of rotatable bonds is 9. The molecule has 3 rings (SSSR count). The van der Waals surface area contributed by atoms with Gasteiger partial charge in [0.2, 0.25) is 0 Å². The minimum atomic E-state index is -0.242. The van der Waals surface area contributed by atoms with E-state index >= 15 is 0 Å². The van der Waals surface area contributed by atoms with Crippen LogP contribution in [0.4, 0.5) is 5.69 Å². The van der Waals surface area contributed by atoms with Crippen molar-refractivity contribution in [3.63, 3.8) is 0 Å². The van der Waals surface area contributed by atoms with E-state index in [1.54, 1.807) is 24.3 Å². The van der Waals surface area contributed by atoms with Gasteiger partial charge in [0.1, 0.15) is 30.5 Å². The van der Waals surface area contributed by atoms with Gasteiger partial charge in [-0.25, -0.2) is 0 Å². The summed E-state index contributed by atoms with van der Waals surface area (Å²) in [7, 11) is 0. The van der Waals surface area contributed by atoms with E-state index in [0.717, 1.165) is 20.3 Å². The van der Waals surface area contributed by atoms with Crippen molar-refractivity contribution in [2.75, 3.05) is 25.1 Å². The molecule has 0 saturated carbocycles. The van der Waals surface area contributed by atoms with Gasteiger partial charge in [0.15, 0.2) is 6.61 Å². The van der Waals surface area contributed by atoms with Gasteiger partial charge in [-0.15, -0.1) is 0 Å². The van der Waals surface area contributed by atoms with Crippen molar-refractivity contribution < 1.29 is 19.0 Å². The molecule has 0 aliphatic heterocycles. The van der Waals surface area contributed by atoms with Crippen molar-refractivity contribution in [2.45, 2.75) is 6.92 Å². The van der Waals surface area contributed by atoms with Gasteiger partial charge in [0.25, 0.3) is 5.91 Å². The number of ether oxygens (including phenoxy) is 3. The first-order valence-electron chi connectivity index (χ1n) is 9.30. The van der Waals surface area contributed by atoms with E-state index in [1.165, 1.54) is 0 Å². The maximum absolute atomic E-state index is 12.2. The summed E-state index contributed by atoms with van der Waals surface area (Å²) >= 11 is 6.88. The van der Waals surface area contributed by atoms with E-state index in [-0.39, 0.29) is 12.5 Å². The SMILES string of the molecule is Cc1cc(Br)cc(Br)c1OCC(=O)Nc1ccc(OCCOc2ccccc2)cc1. The summed E-state index contributed by atoms with van der Waals surface area (Å²) in [6.45, 7) is 2.71. The lowest BCUT2D eigenvalue weighted by atomic mass is 10.2. The van der Waals surface area contributed by atoms with E-state index in [0.29, 0.717) is 30.4 Å². The first kappa shape index (κ1) is 22.2. The fourth-order valence-corrected chi connectivity index (χ4v) is 4.23. The average Bonchev–Trinajstić information content (AvgIpc) is 2.72. The van der Waals surface area contributed by atoms with Crippen molar-refractivity contribution in [3.05, 3.63) is 81.2 Å². The third-order valence-electron chi connectivity index (χ3n) is 4.04. The van der Waals surface area contributed by atoms with Crippen molar-refractivity contribution in [3.8, 4) is 17.2 Å². The second-order valence-electron chi connectivity index (χ2n) is 6.40. The molecule has 0 fully saturated rings. The lowest BCUT2D eigenvalue weighted by Crippen LogP contribution is -2.20. The Labute approximate surface area is 192 Å². The van der Waals surface area contributed by atoms with Crippen LogP contribution in [0.5, 0.6) is 17.2 Å². The molecule has 5 nitrogen and oxygen atoms in total. The van der Waals surface area contributed by atoms with Crippen LogP contribution in [0.25, 0.3) is 0 Å². The summed E-state index contributed by atoms with van der Waals surface area (Å²) in [5.41, 5.74) is 1.60. The second kappa shape index (κ2) is 11.0. The molecule has 30 heavy (non-hydrogen) atoms. The van der Waals surface area contributed by atoms with Crippen molar-refractivity contribution in [2.24, 2.45) is 0 Å². The van der Waals surface area contributed by atoms with Crippen LogP contribution in [0.15, 0.2) is 75.7 Å². The Balaban J connectivity index is 1.42. The second-order valence-corrected chi connectivity index (χ2v) is 8.17. The number of carbonyl (C=O) groups excluding carboxylic acids is 1. The van der Waals surface area contributed by atoms with Gasteiger partial charge in [-0.3, -0.25) is 4.79 Å². The van der Waals surface area contributed by atoms with Crippen molar-refractivity contribution >= 4 is 43.5 Å². The van der Waals surface area contributed by atoms with Crippen LogP contribution < -0.4 is 19.5 Å². The number of para-hydroxylation sites is 1. The number of hydrogen-bond acceptors (Lipinski definition) is 4. The molecule has 3 aromatic rings. The Morgan fingerprint density at radius 2 is 1.50 bits per heavy atom. The van der Waals surface area contributed by atoms with Crippen molar-refractivity contribution in [1.82, 2.24) is 0 Å². The normalized spacial score (nSPS) is 10.4. The largest absolute Gasteiger partial charge is 0.490 e. The predicted octanol–water partition coefficient (Wildman–Crippen LogP) is 6.00. The molecule has 1 N–H and O–H groups in total. The molecule has 1 amide bonds. The van der Waals surface area contributed by atoms with E-state index in [9.17, 15) is 4.79 Å². The van der Waals surface area contributed by atoms with Crippen LogP contribution in [0.1, 0.15) is 5.56 Å². The zero-order valence-electron chi connectivity index (χ0n) is 16.4. The molecule has 7 heteroatoms. The first-order chi connectivity index (χ1) is 14.5. The Bertz CT molecular complexity index is 955. The Morgan fingerprint density at radius 1 is 0.867 bits per heavy atom. The molecule has 0 heterocycles. The quantitative estimate of drug-likeness (QED) is 0.342. The zero-order valence-corrected chi connectivity index (χ0v) is 19.5. The third kappa shape index (κ3) is 6.78. The Kier molecular flexibility index (Phi) is 8.16. The predicted molar refractivity (Wildman–Crippen MR) is 125 cm³/mol. The van der Waals surface area contributed by atoms with Crippen LogP contribution in [-0.4, -0.2) is 25.7 Å². The van der Waals surface area contributed by atoms with E-state index < -0.39 is 0 Å². The van der Waals surface area contributed by atoms with E-state index in [1.807, 2.05) is 49.4 Å². The average molecular weight is 535 g/mol. The molecular weight excluding hydrogens is 514 g/mol. The first-order valence-corrected chi connectivity index (χ1v) is 10.9. The number of nitrogens with one attached hydrogen (secondary N) is 1. The van der Waals surface area contributed by atoms with Gasteiger partial charge >= 0.3 is 0 Å². The maximum atomic E-state index is 12.2. The van der Waals surface area contributed by atoms with Crippen LogP contribution in [-0.2, 0) is 4.79 Å². The highest BCUT2D eigenvalue weighted by atomic mass is 79.9. The van der Waals surface area contributed by atoms with Gasteiger partial charge in [-0.1, -0.05) is 34.1 Å². The van der Waals surface area contributed by atoms with Gasteiger partial charge in [0, 0.05) is 10.2 Å². The molecule has 0 aliphatic carbocycles. The highest BCUT2D eigenvalue weighted by molar-refractivity contribution is 9.11. The summed E-state index contributed by atoms with van der Waals surface area (Å²) in [5, 5.41) is 2.81. The smallest absolute Gasteiger partial charge is 0.262 e. The molecule has 0 saturated heterocycles.